The molecular formula is C15H20ClN3O3S. The van der Waals surface area contributed by atoms with Gasteiger partial charge in [0.05, 0.1) is 15.3 Å². The van der Waals surface area contributed by atoms with E-state index in [-0.39, 0.29) is 24.0 Å². The van der Waals surface area contributed by atoms with Crippen molar-refractivity contribution >= 4 is 45.4 Å². The molecule has 0 aliphatic heterocycles. The Morgan fingerprint density at radius 3 is 2.52 bits per heavy atom. The Morgan fingerprint density at radius 1 is 1.35 bits per heavy atom. The quantitative estimate of drug-likeness (QED) is 0.610. The summed E-state index contributed by atoms with van der Waals surface area (Å²) in [5.41, 5.74) is 5.42. The first kappa shape index (κ1) is 19.3. The molecule has 0 unspecified atom stereocenters. The Hall–Kier alpha value is -1.70. The normalized spacial score (nSPS) is 11.1. The van der Waals surface area contributed by atoms with Crippen molar-refractivity contribution in [3.05, 3.63) is 39.3 Å². The summed E-state index contributed by atoms with van der Waals surface area (Å²) in [6.45, 7) is 4.36. The van der Waals surface area contributed by atoms with Crippen molar-refractivity contribution in [1.29, 1.82) is 0 Å². The van der Waals surface area contributed by atoms with Crippen molar-refractivity contribution in [2.75, 3.05) is 6.54 Å². The number of nitrogens with one attached hydrogen (secondary N) is 1. The van der Waals surface area contributed by atoms with Crippen LogP contribution in [0.1, 0.15) is 36.4 Å². The highest BCUT2D eigenvalue weighted by Gasteiger charge is 2.27. The number of carbonyl (C=O) groups is 1. The number of non-ortho nitro benzene ring substituents is 1. The number of amides is 1. The third kappa shape index (κ3) is 3.99. The van der Waals surface area contributed by atoms with Crippen LogP contribution in [0.3, 0.4) is 0 Å². The SMILES string of the molecule is CCC(CC)(CN)NC(=O)c1cc2cc([N+](=O)[O-])ccc2s1.Cl. The molecule has 0 spiro atoms. The van der Waals surface area contributed by atoms with E-state index in [1.165, 1.54) is 23.5 Å². The van der Waals surface area contributed by atoms with Crippen LogP contribution in [0.15, 0.2) is 24.3 Å². The van der Waals surface area contributed by atoms with Crippen molar-refractivity contribution in [1.82, 2.24) is 5.32 Å². The number of nitrogens with zero attached hydrogens (tertiary/aromatic N) is 1. The average Bonchev–Trinajstić information content (AvgIpc) is 2.95. The van der Waals surface area contributed by atoms with Crippen LogP contribution in [-0.4, -0.2) is 22.9 Å². The highest BCUT2D eigenvalue weighted by atomic mass is 35.5. The van der Waals surface area contributed by atoms with E-state index >= 15 is 0 Å². The molecule has 1 aromatic heterocycles. The number of benzene rings is 1. The summed E-state index contributed by atoms with van der Waals surface area (Å²) in [7, 11) is 0. The van der Waals surface area contributed by atoms with Gasteiger partial charge in [-0.3, -0.25) is 14.9 Å². The van der Waals surface area contributed by atoms with Crippen LogP contribution in [0.4, 0.5) is 5.69 Å². The molecule has 0 saturated heterocycles. The predicted molar refractivity (Wildman–Crippen MR) is 95.6 cm³/mol. The predicted octanol–water partition coefficient (Wildman–Crippen LogP) is 3.48. The number of thiophene rings is 1. The van der Waals surface area contributed by atoms with Crippen LogP contribution in [0.5, 0.6) is 0 Å². The Morgan fingerprint density at radius 2 is 2.00 bits per heavy atom. The van der Waals surface area contributed by atoms with E-state index < -0.39 is 10.5 Å². The second-order valence-electron chi connectivity index (χ2n) is 5.24. The van der Waals surface area contributed by atoms with Gasteiger partial charge in [-0.1, -0.05) is 13.8 Å². The number of halogens is 1. The third-order valence-corrected chi connectivity index (χ3v) is 5.17. The fourth-order valence-electron chi connectivity index (χ4n) is 2.33. The molecule has 0 fully saturated rings. The smallest absolute Gasteiger partial charge is 0.270 e. The number of nitro benzene ring substituents is 1. The summed E-state index contributed by atoms with van der Waals surface area (Å²) in [6, 6.07) is 6.29. The molecule has 8 heteroatoms. The minimum absolute atomic E-state index is 0. The molecule has 1 heterocycles. The lowest BCUT2D eigenvalue weighted by molar-refractivity contribution is -0.384. The highest BCUT2D eigenvalue weighted by molar-refractivity contribution is 7.20. The van der Waals surface area contributed by atoms with Crippen LogP contribution in [0, 0.1) is 10.1 Å². The Bertz CT molecular complexity index is 705. The first-order chi connectivity index (χ1) is 10.4. The van der Waals surface area contributed by atoms with E-state index in [1.807, 2.05) is 13.8 Å². The lowest BCUT2D eigenvalue weighted by atomic mass is 9.93. The fraction of sp³-hybridized carbons (Fsp3) is 0.400. The summed E-state index contributed by atoms with van der Waals surface area (Å²) in [5, 5.41) is 14.5. The summed E-state index contributed by atoms with van der Waals surface area (Å²) in [5.74, 6) is -0.182. The van der Waals surface area contributed by atoms with Crippen LogP contribution in [-0.2, 0) is 0 Å². The number of nitro groups is 1. The molecule has 6 nitrogen and oxygen atoms in total. The molecule has 2 rings (SSSR count). The van der Waals surface area contributed by atoms with E-state index in [0.29, 0.717) is 16.8 Å². The fourth-order valence-corrected chi connectivity index (χ4v) is 3.26. The van der Waals surface area contributed by atoms with E-state index in [9.17, 15) is 14.9 Å². The molecule has 0 bridgehead atoms. The number of rotatable bonds is 6. The third-order valence-electron chi connectivity index (χ3n) is 4.06. The van der Waals surface area contributed by atoms with Crippen molar-refractivity contribution in [3.8, 4) is 0 Å². The monoisotopic (exact) mass is 357 g/mol. The number of carbonyl (C=O) groups excluding carboxylic acids is 1. The van der Waals surface area contributed by atoms with Gasteiger partial charge in [-0.05, 0) is 25.0 Å². The van der Waals surface area contributed by atoms with Gasteiger partial charge in [0.25, 0.3) is 11.6 Å². The highest BCUT2D eigenvalue weighted by Crippen LogP contribution is 2.29. The summed E-state index contributed by atoms with van der Waals surface area (Å²) in [4.78, 5) is 23.3. The second kappa shape index (κ2) is 7.72. The Labute approximate surface area is 144 Å². The number of hydrogen-bond donors (Lipinski definition) is 2. The number of nitrogens with two attached hydrogens (primary N) is 1. The first-order valence-corrected chi connectivity index (χ1v) is 7.97. The first-order valence-electron chi connectivity index (χ1n) is 7.15. The molecule has 0 saturated carbocycles. The maximum Gasteiger partial charge on any atom is 0.270 e. The molecule has 126 valence electrons. The van der Waals surface area contributed by atoms with Crippen molar-refractivity contribution < 1.29 is 9.72 Å². The van der Waals surface area contributed by atoms with Gasteiger partial charge in [-0.25, -0.2) is 0 Å². The van der Waals surface area contributed by atoms with Gasteiger partial charge in [-0.2, -0.15) is 0 Å². The minimum Gasteiger partial charge on any atom is -0.345 e. The summed E-state index contributed by atoms with van der Waals surface area (Å²) in [6.07, 6.45) is 1.50. The topological polar surface area (TPSA) is 98.3 Å². The van der Waals surface area contributed by atoms with Crippen molar-refractivity contribution in [2.45, 2.75) is 32.2 Å². The summed E-state index contributed by atoms with van der Waals surface area (Å²) >= 11 is 1.32. The minimum atomic E-state index is -0.440. The van der Waals surface area contributed by atoms with Crippen LogP contribution in [0.2, 0.25) is 0 Å². The van der Waals surface area contributed by atoms with Crippen LogP contribution >= 0.6 is 23.7 Å². The maximum absolute atomic E-state index is 12.4. The average molecular weight is 358 g/mol. The molecule has 0 aliphatic rings. The number of fused-ring (bicyclic) bond motifs is 1. The molecule has 2 aromatic rings. The van der Waals surface area contributed by atoms with Gasteiger partial charge in [0, 0.05) is 28.8 Å². The Kier molecular flexibility index (Phi) is 6.49. The van der Waals surface area contributed by atoms with Gasteiger partial charge < -0.3 is 11.1 Å². The molecule has 0 aliphatic carbocycles. The van der Waals surface area contributed by atoms with E-state index in [4.69, 9.17) is 5.73 Å². The van der Waals surface area contributed by atoms with Crippen LogP contribution < -0.4 is 11.1 Å². The molecule has 0 atom stereocenters. The molecule has 23 heavy (non-hydrogen) atoms. The second-order valence-corrected chi connectivity index (χ2v) is 6.32. The molecule has 0 radical (unpaired) electrons. The lowest BCUT2D eigenvalue weighted by Gasteiger charge is -2.31. The van der Waals surface area contributed by atoms with Crippen molar-refractivity contribution in [3.63, 3.8) is 0 Å². The van der Waals surface area contributed by atoms with E-state index in [1.54, 1.807) is 12.1 Å². The van der Waals surface area contributed by atoms with E-state index in [0.717, 1.165) is 17.5 Å². The zero-order valence-corrected chi connectivity index (χ0v) is 14.6. The summed E-state index contributed by atoms with van der Waals surface area (Å²) < 4.78 is 0.849. The Balaban J connectivity index is 0.00000264. The zero-order valence-electron chi connectivity index (χ0n) is 13.0. The largest absolute Gasteiger partial charge is 0.345 e. The van der Waals surface area contributed by atoms with Gasteiger partial charge in [-0.15, -0.1) is 23.7 Å². The number of hydrogen-bond acceptors (Lipinski definition) is 5. The molecule has 3 N–H and O–H groups in total. The van der Waals surface area contributed by atoms with Gasteiger partial charge in [0.2, 0.25) is 0 Å². The molecular weight excluding hydrogens is 338 g/mol. The van der Waals surface area contributed by atoms with E-state index in [2.05, 4.69) is 5.32 Å². The van der Waals surface area contributed by atoms with Gasteiger partial charge >= 0.3 is 0 Å². The lowest BCUT2D eigenvalue weighted by Crippen LogP contribution is -2.52. The van der Waals surface area contributed by atoms with Crippen molar-refractivity contribution in [2.24, 2.45) is 5.73 Å². The zero-order chi connectivity index (χ0) is 16.3. The molecule has 1 amide bonds. The van der Waals surface area contributed by atoms with Gasteiger partial charge in [0.15, 0.2) is 0 Å². The maximum atomic E-state index is 12.4. The van der Waals surface area contributed by atoms with Gasteiger partial charge in [0.1, 0.15) is 0 Å². The molecule has 1 aromatic carbocycles. The standard InChI is InChI=1S/C15H19N3O3S.ClH/c1-3-15(4-2,9-16)17-14(19)13-8-10-7-11(18(20)21)5-6-12(10)22-13;/h5-8H,3-4,9,16H2,1-2H3,(H,17,19);1H. The van der Waals surface area contributed by atoms with Crippen LogP contribution in [0.25, 0.3) is 10.1 Å².